The van der Waals surface area contributed by atoms with Crippen LogP contribution in [0, 0.1) is 21.3 Å². The molecule has 0 aromatic heterocycles. The fourth-order valence-corrected chi connectivity index (χ4v) is 6.95. The van der Waals surface area contributed by atoms with E-state index < -0.39 is 23.5 Å². The van der Waals surface area contributed by atoms with E-state index in [0.29, 0.717) is 32.4 Å². The van der Waals surface area contributed by atoms with Crippen molar-refractivity contribution < 1.29 is 19.2 Å². The molecule has 0 radical (unpaired) electrons. The van der Waals surface area contributed by atoms with Gasteiger partial charge in [-0.2, -0.15) is 0 Å². The summed E-state index contributed by atoms with van der Waals surface area (Å²) in [6, 6.07) is 27.1. The Balaban J connectivity index is 1.52. The van der Waals surface area contributed by atoms with Crippen LogP contribution < -0.4 is 10.8 Å². The Morgan fingerprint density at radius 1 is 0.935 bits per heavy atom. The molecule has 4 rings (SSSR count). The normalized spacial score (nSPS) is 16.9. The first kappa shape index (κ1) is 35.6. The van der Waals surface area contributed by atoms with Gasteiger partial charge < -0.3 is 10.2 Å². The van der Waals surface area contributed by atoms with E-state index in [4.69, 9.17) is 4.84 Å². The van der Waals surface area contributed by atoms with Crippen LogP contribution in [0.1, 0.15) is 82.9 Å². The lowest BCUT2D eigenvalue weighted by molar-refractivity contribution is -0.155. The molecule has 0 spiro atoms. The van der Waals surface area contributed by atoms with Crippen LogP contribution in [0.25, 0.3) is 0 Å². The molecule has 8 heteroatoms. The van der Waals surface area contributed by atoms with Crippen molar-refractivity contribution >= 4 is 40.3 Å². The Hall–Kier alpha value is -3.24. The van der Waals surface area contributed by atoms with E-state index in [1.807, 2.05) is 97.6 Å². The number of hydroxylamine groups is 1. The summed E-state index contributed by atoms with van der Waals surface area (Å²) in [7, 11) is 0. The third-order valence-electron chi connectivity index (χ3n) is 8.85. The second-order valence-corrected chi connectivity index (χ2v) is 14.2. The Morgan fingerprint density at radius 2 is 1.59 bits per heavy atom. The molecule has 0 saturated carbocycles. The Kier molecular flexibility index (Phi) is 13.2. The summed E-state index contributed by atoms with van der Waals surface area (Å²) in [5.74, 6) is -1.69. The van der Waals surface area contributed by atoms with Crippen LogP contribution in [0.3, 0.4) is 0 Å². The van der Waals surface area contributed by atoms with Crippen LogP contribution in [-0.4, -0.2) is 35.2 Å². The van der Waals surface area contributed by atoms with Crippen molar-refractivity contribution in [1.29, 1.82) is 0 Å². The van der Waals surface area contributed by atoms with E-state index >= 15 is 0 Å². The molecule has 3 atom stereocenters. The van der Waals surface area contributed by atoms with E-state index in [1.165, 1.54) is 0 Å². The number of nitrogens with zero attached hydrogens (tertiary/aromatic N) is 1. The smallest absolute Gasteiger partial charge is 0.247 e. The van der Waals surface area contributed by atoms with Crippen molar-refractivity contribution in [3.8, 4) is 0 Å². The number of likely N-dealkylation sites (tertiary alicyclic amines) is 1. The summed E-state index contributed by atoms with van der Waals surface area (Å²) < 4.78 is 1.12. The molecule has 0 bridgehead atoms. The number of carbonyl (C=O) groups excluding carboxylic acids is 3. The predicted molar refractivity (Wildman–Crippen MR) is 190 cm³/mol. The highest BCUT2D eigenvalue weighted by atomic mass is 127. The van der Waals surface area contributed by atoms with Crippen LogP contribution in [0.15, 0.2) is 84.9 Å². The molecule has 3 amide bonds. The Labute approximate surface area is 288 Å². The van der Waals surface area contributed by atoms with Gasteiger partial charge in [-0.3, -0.25) is 19.2 Å². The molecule has 0 unspecified atom stereocenters. The maximum Gasteiger partial charge on any atom is 0.247 e. The van der Waals surface area contributed by atoms with Gasteiger partial charge >= 0.3 is 0 Å². The van der Waals surface area contributed by atoms with Gasteiger partial charge in [0.15, 0.2) is 0 Å². The molecular formula is C38H48IN3O4. The summed E-state index contributed by atoms with van der Waals surface area (Å²) in [4.78, 5) is 49.9. The maximum absolute atomic E-state index is 14.1. The van der Waals surface area contributed by atoms with Gasteiger partial charge in [-0.1, -0.05) is 100.0 Å². The zero-order chi connectivity index (χ0) is 33.1. The second-order valence-electron chi connectivity index (χ2n) is 12.9. The number of nitrogens with one attached hydrogen (secondary N) is 2. The van der Waals surface area contributed by atoms with Crippen molar-refractivity contribution in [3.63, 3.8) is 0 Å². The molecule has 2 N–H and O–H groups in total. The largest absolute Gasteiger partial charge is 0.344 e. The molecule has 1 fully saturated rings. The first-order valence-electron chi connectivity index (χ1n) is 16.5. The highest BCUT2D eigenvalue weighted by Crippen LogP contribution is 2.33. The van der Waals surface area contributed by atoms with Crippen LogP contribution >= 0.6 is 22.6 Å². The third kappa shape index (κ3) is 9.41. The standard InChI is InChI=1S/C38H48IN3O4/c1-5-15-32(36(44)41-46-38(4,29-17-8-6-9-18-29)30-19-10-7-11-20-30)33(24-27(2)3)35(43)40-34-22-12-13-23-42(37(34)45)26-28-16-14-21-31(39)25-28/h6-11,14,16-21,25,27,32-34H,5,12-13,15,22-24,26H2,1-4H3,(H,40,43)(H,41,44)/t32-,33+,34-/m0/s1. The molecule has 1 aliphatic heterocycles. The van der Waals surface area contributed by atoms with Crippen molar-refractivity contribution in [2.24, 2.45) is 17.8 Å². The molecule has 246 valence electrons. The fourth-order valence-electron chi connectivity index (χ4n) is 6.34. The Morgan fingerprint density at radius 3 is 2.17 bits per heavy atom. The average molecular weight is 738 g/mol. The zero-order valence-electron chi connectivity index (χ0n) is 27.5. The van der Waals surface area contributed by atoms with E-state index in [1.54, 1.807) is 0 Å². The van der Waals surface area contributed by atoms with Crippen LogP contribution in [0.2, 0.25) is 0 Å². The molecule has 46 heavy (non-hydrogen) atoms. The summed E-state index contributed by atoms with van der Waals surface area (Å²) >= 11 is 2.28. The van der Waals surface area contributed by atoms with Gasteiger partial charge in [-0.15, -0.1) is 0 Å². The average Bonchev–Trinajstić information content (AvgIpc) is 3.22. The lowest BCUT2D eigenvalue weighted by Gasteiger charge is -2.33. The topological polar surface area (TPSA) is 87.7 Å². The number of hydrogen-bond acceptors (Lipinski definition) is 4. The number of hydrogen-bond donors (Lipinski definition) is 2. The first-order chi connectivity index (χ1) is 22.1. The summed E-state index contributed by atoms with van der Waals surface area (Å²) in [6.07, 6.45) is 4.08. The van der Waals surface area contributed by atoms with Crippen LogP contribution in [-0.2, 0) is 31.4 Å². The van der Waals surface area contributed by atoms with Gasteiger partial charge in [0, 0.05) is 22.6 Å². The number of carbonyl (C=O) groups is 3. The molecule has 7 nitrogen and oxygen atoms in total. The van der Waals surface area contributed by atoms with E-state index in [2.05, 4.69) is 53.3 Å². The highest BCUT2D eigenvalue weighted by molar-refractivity contribution is 14.1. The predicted octanol–water partition coefficient (Wildman–Crippen LogP) is 7.38. The van der Waals surface area contributed by atoms with Gasteiger partial charge in [0.25, 0.3) is 0 Å². The lowest BCUT2D eigenvalue weighted by atomic mass is 9.81. The van der Waals surface area contributed by atoms with Crippen LogP contribution in [0.4, 0.5) is 0 Å². The van der Waals surface area contributed by atoms with E-state index in [-0.39, 0.29) is 23.6 Å². The van der Waals surface area contributed by atoms with Crippen molar-refractivity contribution in [2.75, 3.05) is 6.54 Å². The number of halogens is 1. The molecule has 3 aromatic carbocycles. The minimum Gasteiger partial charge on any atom is -0.344 e. The SMILES string of the molecule is CCC[C@H](C(=O)NOC(C)(c1ccccc1)c1ccccc1)[C@@H](CC(C)C)C(=O)N[C@H]1CCCCN(Cc2cccc(I)c2)C1=O. The second kappa shape index (κ2) is 17.1. The highest BCUT2D eigenvalue weighted by Gasteiger charge is 2.38. The van der Waals surface area contributed by atoms with E-state index in [9.17, 15) is 14.4 Å². The number of amides is 3. The third-order valence-corrected chi connectivity index (χ3v) is 9.52. The molecular weight excluding hydrogens is 689 g/mol. The number of rotatable bonds is 14. The first-order valence-corrected chi connectivity index (χ1v) is 17.6. The molecule has 1 aliphatic rings. The van der Waals surface area contributed by atoms with Gasteiger partial charge in [0.1, 0.15) is 11.6 Å². The van der Waals surface area contributed by atoms with Crippen molar-refractivity contribution in [2.45, 2.75) is 84.4 Å². The quantitative estimate of drug-likeness (QED) is 0.134. The van der Waals surface area contributed by atoms with Gasteiger partial charge in [-0.05, 0) is 96.4 Å². The summed E-state index contributed by atoms with van der Waals surface area (Å²) in [6.45, 7) is 9.23. The molecule has 3 aromatic rings. The summed E-state index contributed by atoms with van der Waals surface area (Å²) in [5.41, 5.74) is 4.70. The maximum atomic E-state index is 14.1. The zero-order valence-corrected chi connectivity index (χ0v) is 29.7. The minimum atomic E-state index is -0.947. The van der Waals surface area contributed by atoms with Gasteiger partial charge in [0.05, 0.1) is 5.92 Å². The fraction of sp³-hybridized carbons (Fsp3) is 0.447. The Bertz CT molecular complexity index is 1390. The van der Waals surface area contributed by atoms with Crippen molar-refractivity contribution in [3.05, 3.63) is 105 Å². The van der Waals surface area contributed by atoms with E-state index in [0.717, 1.165) is 39.5 Å². The summed E-state index contributed by atoms with van der Waals surface area (Å²) in [5, 5.41) is 3.11. The van der Waals surface area contributed by atoms with Gasteiger partial charge in [-0.25, -0.2) is 5.48 Å². The van der Waals surface area contributed by atoms with Gasteiger partial charge in [0.2, 0.25) is 17.7 Å². The lowest BCUT2D eigenvalue weighted by Crippen LogP contribution is -2.51. The van der Waals surface area contributed by atoms with Crippen molar-refractivity contribution in [1.82, 2.24) is 15.7 Å². The minimum absolute atomic E-state index is 0.0608. The number of benzene rings is 3. The molecule has 0 aliphatic carbocycles. The van der Waals surface area contributed by atoms with Crippen LogP contribution in [0.5, 0.6) is 0 Å². The molecule has 1 saturated heterocycles. The molecule has 1 heterocycles. The monoisotopic (exact) mass is 737 g/mol.